The Morgan fingerprint density at radius 1 is 1.38 bits per heavy atom. The minimum atomic E-state index is 0.165. The highest BCUT2D eigenvalue weighted by atomic mass is 16.2. The number of carbonyl (C=O) groups is 1. The molecule has 0 aromatic heterocycles. The molecule has 68 valence electrons. The third-order valence-corrected chi connectivity index (χ3v) is 2.49. The zero-order chi connectivity index (χ0) is 9.26. The number of nitrogens with one attached hydrogen (secondary N) is 1. The maximum atomic E-state index is 11.5. The van der Waals surface area contributed by atoms with Gasteiger partial charge in [-0.2, -0.15) is 0 Å². The number of hydrogen-bond donors (Lipinski definition) is 1. The molecule has 0 saturated heterocycles. The number of hydrogen-bond acceptors (Lipinski definition) is 1. The van der Waals surface area contributed by atoms with Crippen molar-refractivity contribution >= 4 is 11.6 Å². The van der Waals surface area contributed by atoms with Gasteiger partial charge in [0, 0.05) is 11.6 Å². The van der Waals surface area contributed by atoms with Crippen LogP contribution in [0.1, 0.15) is 13.3 Å². The van der Waals surface area contributed by atoms with Gasteiger partial charge in [-0.25, -0.2) is 0 Å². The summed E-state index contributed by atoms with van der Waals surface area (Å²) in [6, 6.07) is 9.60. The fourth-order valence-corrected chi connectivity index (χ4v) is 1.44. The molecule has 0 bridgehead atoms. The molecule has 2 atom stereocenters. The first-order valence-electron chi connectivity index (χ1n) is 4.63. The molecule has 0 unspecified atom stereocenters. The van der Waals surface area contributed by atoms with E-state index >= 15 is 0 Å². The quantitative estimate of drug-likeness (QED) is 0.734. The Hall–Kier alpha value is -1.31. The first-order valence-corrected chi connectivity index (χ1v) is 4.63. The van der Waals surface area contributed by atoms with Gasteiger partial charge in [0.15, 0.2) is 0 Å². The number of anilines is 1. The summed E-state index contributed by atoms with van der Waals surface area (Å²) in [4.78, 5) is 11.5. The minimum Gasteiger partial charge on any atom is -0.326 e. The summed E-state index contributed by atoms with van der Waals surface area (Å²) >= 11 is 0. The SMILES string of the molecule is C[C@H]1C[C@@H]1C(=O)Nc1ccccc1. The van der Waals surface area contributed by atoms with E-state index in [0.29, 0.717) is 5.92 Å². The molecule has 1 aliphatic carbocycles. The Kier molecular flexibility index (Phi) is 2.05. The summed E-state index contributed by atoms with van der Waals surface area (Å²) in [5, 5.41) is 2.90. The standard InChI is InChI=1S/C11H13NO/c1-8-7-10(8)11(13)12-9-5-3-2-4-6-9/h2-6,8,10H,7H2,1H3,(H,12,13)/t8-,10-/m0/s1. The van der Waals surface area contributed by atoms with E-state index in [0.717, 1.165) is 12.1 Å². The molecule has 1 saturated carbocycles. The van der Waals surface area contributed by atoms with Gasteiger partial charge in [-0.15, -0.1) is 0 Å². The molecular formula is C11H13NO. The second-order valence-electron chi connectivity index (χ2n) is 3.67. The maximum absolute atomic E-state index is 11.5. The smallest absolute Gasteiger partial charge is 0.227 e. The number of benzene rings is 1. The monoisotopic (exact) mass is 175 g/mol. The average molecular weight is 175 g/mol. The molecule has 0 heterocycles. The van der Waals surface area contributed by atoms with Crippen molar-refractivity contribution in [2.75, 3.05) is 5.32 Å². The lowest BCUT2D eigenvalue weighted by Gasteiger charge is -2.02. The Bertz CT molecular complexity index is 307. The van der Waals surface area contributed by atoms with Crippen LogP contribution in [0.4, 0.5) is 5.69 Å². The second kappa shape index (κ2) is 3.21. The van der Waals surface area contributed by atoms with E-state index in [-0.39, 0.29) is 11.8 Å². The van der Waals surface area contributed by atoms with Gasteiger partial charge in [-0.3, -0.25) is 4.79 Å². The molecule has 2 rings (SSSR count). The number of amides is 1. The number of para-hydroxylation sites is 1. The zero-order valence-electron chi connectivity index (χ0n) is 7.66. The molecule has 1 aliphatic rings. The van der Waals surface area contributed by atoms with Gasteiger partial charge in [-0.1, -0.05) is 25.1 Å². The first kappa shape index (κ1) is 8.30. The van der Waals surface area contributed by atoms with Crippen molar-refractivity contribution in [2.45, 2.75) is 13.3 Å². The van der Waals surface area contributed by atoms with Gasteiger partial charge in [0.25, 0.3) is 0 Å². The van der Waals surface area contributed by atoms with Crippen LogP contribution in [0.15, 0.2) is 30.3 Å². The topological polar surface area (TPSA) is 29.1 Å². The highest BCUT2D eigenvalue weighted by molar-refractivity contribution is 5.94. The predicted molar refractivity (Wildman–Crippen MR) is 52.3 cm³/mol. The van der Waals surface area contributed by atoms with Crippen LogP contribution >= 0.6 is 0 Å². The highest BCUT2D eigenvalue weighted by Gasteiger charge is 2.38. The minimum absolute atomic E-state index is 0.165. The largest absolute Gasteiger partial charge is 0.326 e. The molecule has 13 heavy (non-hydrogen) atoms. The van der Waals surface area contributed by atoms with Gasteiger partial charge in [0.05, 0.1) is 0 Å². The van der Waals surface area contributed by atoms with E-state index < -0.39 is 0 Å². The van der Waals surface area contributed by atoms with Gasteiger partial charge >= 0.3 is 0 Å². The number of rotatable bonds is 2. The van der Waals surface area contributed by atoms with Crippen molar-refractivity contribution in [3.8, 4) is 0 Å². The van der Waals surface area contributed by atoms with E-state index in [9.17, 15) is 4.79 Å². The van der Waals surface area contributed by atoms with E-state index in [2.05, 4.69) is 12.2 Å². The normalized spacial score (nSPS) is 25.3. The highest BCUT2D eigenvalue weighted by Crippen LogP contribution is 2.38. The second-order valence-corrected chi connectivity index (χ2v) is 3.67. The summed E-state index contributed by atoms with van der Waals surface area (Å²) < 4.78 is 0. The van der Waals surface area contributed by atoms with E-state index in [1.807, 2.05) is 30.3 Å². The van der Waals surface area contributed by atoms with Gasteiger partial charge < -0.3 is 5.32 Å². The Labute approximate surface area is 78.0 Å². The Morgan fingerprint density at radius 3 is 2.54 bits per heavy atom. The molecule has 0 aliphatic heterocycles. The van der Waals surface area contributed by atoms with Crippen LogP contribution in [0, 0.1) is 11.8 Å². The summed E-state index contributed by atoms with van der Waals surface area (Å²) in [6.45, 7) is 2.11. The van der Waals surface area contributed by atoms with Gasteiger partial charge in [0.2, 0.25) is 5.91 Å². The van der Waals surface area contributed by atoms with Crippen LogP contribution in [-0.2, 0) is 4.79 Å². The van der Waals surface area contributed by atoms with Crippen LogP contribution in [0.5, 0.6) is 0 Å². The zero-order valence-corrected chi connectivity index (χ0v) is 7.66. The van der Waals surface area contributed by atoms with Crippen molar-refractivity contribution in [3.63, 3.8) is 0 Å². The molecular weight excluding hydrogens is 162 g/mol. The molecule has 1 aromatic carbocycles. The summed E-state index contributed by atoms with van der Waals surface area (Å²) in [6.07, 6.45) is 1.04. The van der Waals surface area contributed by atoms with Crippen molar-refractivity contribution in [1.29, 1.82) is 0 Å². The molecule has 0 spiro atoms. The molecule has 2 heteroatoms. The van der Waals surface area contributed by atoms with Crippen molar-refractivity contribution in [3.05, 3.63) is 30.3 Å². The van der Waals surface area contributed by atoms with Crippen molar-refractivity contribution < 1.29 is 4.79 Å². The summed E-state index contributed by atoms with van der Waals surface area (Å²) in [5.41, 5.74) is 0.895. The Morgan fingerprint density at radius 2 is 2.00 bits per heavy atom. The fourth-order valence-electron chi connectivity index (χ4n) is 1.44. The molecule has 0 radical (unpaired) electrons. The average Bonchev–Trinajstić information content (AvgIpc) is 2.84. The van der Waals surface area contributed by atoms with E-state index in [1.165, 1.54) is 0 Å². The maximum Gasteiger partial charge on any atom is 0.227 e. The van der Waals surface area contributed by atoms with Crippen molar-refractivity contribution in [1.82, 2.24) is 0 Å². The van der Waals surface area contributed by atoms with E-state index in [1.54, 1.807) is 0 Å². The predicted octanol–water partition coefficient (Wildman–Crippen LogP) is 2.28. The Balaban J connectivity index is 1.95. The number of carbonyl (C=O) groups excluding carboxylic acids is 1. The van der Waals surface area contributed by atoms with Crippen LogP contribution in [0.25, 0.3) is 0 Å². The molecule has 1 fully saturated rings. The summed E-state index contributed by atoms with van der Waals surface area (Å²) in [7, 11) is 0. The summed E-state index contributed by atoms with van der Waals surface area (Å²) in [5.74, 6) is 0.989. The molecule has 1 aromatic rings. The lowest BCUT2D eigenvalue weighted by atomic mass is 10.3. The lowest BCUT2D eigenvalue weighted by molar-refractivity contribution is -0.117. The fraction of sp³-hybridized carbons (Fsp3) is 0.364. The van der Waals surface area contributed by atoms with Crippen LogP contribution in [-0.4, -0.2) is 5.91 Å². The van der Waals surface area contributed by atoms with Gasteiger partial charge in [0.1, 0.15) is 0 Å². The third-order valence-electron chi connectivity index (χ3n) is 2.49. The third kappa shape index (κ3) is 1.89. The van der Waals surface area contributed by atoms with Crippen LogP contribution in [0.3, 0.4) is 0 Å². The molecule has 1 amide bonds. The molecule has 1 N–H and O–H groups in total. The first-order chi connectivity index (χ1) is 6.27. The van der Waals surface area contributed by atoms with Crippen LogP contribution < -0.4 is 5.32 Å². The lowest BCUT2D eigenvalue weighted by Crippen LogP contribution is -2.14. The van der Waals surface area contributed by atoms with Crippen LogP contribution in [0.2, 0.25) is 0 Å². The van der Waals surface area contributed by atoms with Crippen molar-refractivity contribution in [2.24, 2.45) is 11.8 Å². The molecule has 2 nitrogen and oxygen atoms in total. The van der Waals surface area contributed by atoms with Gasteiger partial charge in [-0.05, 0) is 24.5 Å². The van der Waals surface area contributed by atoms with E-state index in [4.69, 9.17) is 0 Å².